The van der Waals surface area contributed by atoms with Crippen molar-refractivity contribution in [1.82, 2.24) is 5.32 Å². The Bertz CT molecular complexity index is 459. The summed E-state index contributed by atoms with van der Waals surface area (Å²) in [5.41, 5.74) is 1.26. The number of nitriles is 1. The number of nitrogens with zero attached hydrogens (tertiary/aromatic N) is 1. The minimum Gasteiger partial charge on any atom is -0.381 e. The average molecular weight is 259 g/mol. The maximum Gasteiger partial charge on any atom is 0.319 e. The van der Waals surface area contributed by atoms with E-state index in [4.69, 9.17) is 10.00 Å². The third kappa shape index (κ3) is 4.27. The maximum absolute atomic E-state index is 11.7. The molecule has 0 saturated carbocycles. The highest BCUT2D eigenvalue weighted by Gasteiger charge is 2.14. The third-order valence-electron chi connectivity index (χ3n) is 3.16. The Balaban J connectivity index is 1.75. The van der Waals surface area contributed by atoms with Crippen LogP contribution in [0.4, 0.5) is 10.5 Å². The van der Waals surface area contributed by atoms with E-state index >= 15 is 0 Å². The summed E-state index contributed by atoms with van der Waals surface area (Å²) in [7, 11) is 0. The van der Waals surface area contributed by atoms with Crippen molar-refractivity contribution in [2.24, 2.45) is 5.92 Å². The van der Waals surface area contributed by atoms with Gasteiger partial charge in [0.15, 0.2) is 0 Å². The van der Waals surface area contributed by atoms with E-state index < -0.39 is 0 Å². The molecule has 0 atom stereocenters. The molecule has 1 fully saturated rings. The molecule has 0 radical (unpaired) electrons. The summed E-state index contributed by atoms with van der Waals surface area (Å²) in [6, 6.07) is 8.60. The number of amides is 2. The standard InChI is InChI=1S/C14H17N3O2/c15-9-11-1-3-13(4-2-11)17-14(18)16-10-12-5-7-19-8-6-12/h1-4,12H,5-8,10H2,(H2,16,17,18). The summed E-state index contributed by atoms with van der Waals surface area (Å²) in [5, 5.41) is 14.3. The zero-order valence-electron chi connectivity index (χ0n) is 10.7. The van der Waals surface area contributed by atoms with E-state index in [0.717, 1.165) is 26.1 Å². The van der Waals surface area contributed by atoms with E-state index in [1.165, 1.54) is 0 Å². The Labute approximate surface area is 112 Å². The monoisotopic (exact) mass is 259 g/mol. The molecule has 0 bridgehead atoms. The van der Waals surface area contributed by atoms with Crippen molar-refractivity contribution in [3.8, 4) is 6.07 Å². The van der Waals surface area contributed by atoms with E-state index in [9.17, 15) is 4.79 Å². The van der Waals surface area contributed by atoms with Gasteiger partial charge in [0.25, 0.3) is 0 Å². The van der Waals surface area contributed by atoms with Gasteiger partial charge in [-0.25, -0.2) is 4.79 Å². The highest BCUT2D eigenvalue weighted by molar-refractivity contribution is 5.89. The summed E-state index contributed by atoms with van der Waals surface area (Å²) >= 11 is 0. The molecule has 0 unspecified atom stereocenters. The van der Waals surface area contributed by atoms with Gasteiger partial charge in [0, 0.05) is 25.4 Å². The van der Waals surface area contributed by atoms with Gasteiger partial charge in [-0.2, -0.15) is 5.26 Å². The molecule has 0 spiro atoms. The highest BCUT2D eigenvalue weighted by atomic mass is 16.5. The first kappa shape index (κ1) is 13.4. The lowest BCUT2D eigenvalue weighted by molar-refractivity contribution is 0.0671. The summed E-state index contributed by atoms with van der Waals surface area (Å²) in [6.45, 7) is 2.23. The molecular weight excluding hydrogens is 242 g/mol. The van der Waals surface area contributed by atoms with E-state index in [2.05, 4.69) is 10.6 Å². The Morgan fingerprint density at radius 2 is 2.00 bits per heavy atom. The van der Waals surface area contributed by atoms with E-state index in [1.54, 1.807) is 24.3 Å². The fourth-order valence-corrected chi connectivity index (χ4v) is 1.99. The van der Waals surface area contributed by atoms with Gasteiger partial charge in [-0.1, -0.05) is 0 Å². The number of nitrogens with one attached hydrogen (secondary N) is 2. The molecule has 0 aliphatic carbocycles. The fourth-order valence-electron chi connectivity index (χ4n) is 1.99. The summed E-state index contributed by atoms with van der Waals surface area (Å²) in [4.78, 5) is 11.7. The largest absolute Gasteiger partial charge is 0.381 e. The highest BCUT2D eigenvalue weighted by Crippen LogP contribution is 2.13. The van der Waals surface area contributed by atoms with Gasteiger partial charge in [-0.05, 0) is 43.0 Å². The second-order valence-electron chi connectivity index (χ2n) is 4.58. The number of anilines is 1. The van der Waals surface area contributed by atoms with Crippen molar-refractivity contribution in [3.63, 3.8) is 0 Å². The molecule has 1 heterocycles. The van der Waals surface area contributed by atoms with Crippen molar-refractivity contribution in [2.45, 2.75) is 12.8 Å². The topological polar surface area (TPSA) is 74.2 Å². The van der Waals surface area contributed by atoms with Crippen LogP contribution < -0.4 is 10.6 Å². The molecule has 1 aliphatic rings. The van der Waals surface area contributed by atoms with Crippen LogP contribution in [0.2, 0.25) is 0 Å². The smallest absolute Gasteiger partial charge is 0.319 e. The van der Waals surface area contributed by atoms with Crippen LogP contribution in [0.1, 0.15) is 18.4 Å². The molecule has 1 aliphatic heterocycles. The normalized spacial score (nSPS) is 15.5. The Kier molecular flexibility index (Phi) is 4.76. The third-order valence-corrected chi connectivity index (χ3v) is 3.16. The van der Waals surface area contributed by atoms with Gasteiger partial charge < -0.3 is 15.4 Å². The predicted octanol–water partition coefficient (Wildman–Crippen LogP) is 2.11. The molecule has 5 heteroatoms. The SMILES string of the molecule is N#Cc1ccc(NC(=O)NCC2CCOCC2)cc1. The van der Waals surface area contributed by atoms with E-state index in [-0.39, 0.29) is 6.03 Å². The molecule has 100 valence electrons. The Hall–Kier alpha value is -2.06. The van der Waals surface area contributed by atoms with Crippen LogP contribution in [0.15, 0.2) is 24.3 Å². The van der Waals surface area contributed by atoms with Crippen LogP contribution in [0.3, 0.4) is 0 Å². The Morgan fingerprint density at radius 3 is 2.63 bits per heavy atom. The van der Waals surface area contributed by atoms with Crippen molar-refractivity contribution in [3.05, 3.63) is 29.8 Å². The zero-order chi connectivity index (χ0) is 13.5. The number of rotatable bonds is 3. The maximum atomic E-state index is 11.7. The number of hydrogen-bond donors (Lipinski definition) is 2. The predicted molar refractivity (Wildman–Crippen MR) is 71.7 cm³/mol. The fraction of sp³-hybridized carbons (Fsp3) is 0.429. The summed E-state index contributed by atoms with van der Waals surface area (Å²) in [6.07, 6.45) is 1.99. The van der Waals surface area contributed by atoms with Crippen LogP contribution in [0.5, 0.6) is 0 Å². The molecule has 5 nitrogen and oxygen atoms in total. The van der Waals surface area contributed by atoms with Gasteiger partial charge in [0.2, 0.25) is 0 Å². The molecule has 1 saturated heterocycles. The lowest BCUT2D eigenvalue weighted by Crippen LogP contribution is -2.35. The summed E-state index contributed by atoms with van der Waals surface area (Å²) < 4.78 is 5.27. The lowest BCUT2D eigenvalue weighted by atomic mass is 10.0. The van der Waals surface area contributed by atoms with Crippen LogP contribution in [0, 0.1) is 17.2 Å². The quantitative estimate of drug-likeness (QED) is 0.873. The van der Waals surface area contributed by atoms with Gasteiger partial charge in [-0.15, -0.1) is 0 Å². The minimum absolute atomic E-state index is 0.212. The number of ether oxygens (including phenoxy) is 1. The number of benzene rings is 1. The first-order valence-corrected chi connectivity index (χ1v) is 6.40. The minimum atomic E-state index is -0.212. The Morgan fingerprint density at radius 1 is 1.32 bits per heavy atom. The number of urea groups is 1. The van der Waals surface area contributed by atoms with Crippen LogP contribution in [-0.4, -0.2) is 25.8 Å². The molecule has 1 aromatic carbocycles. The lowest BCUT2D eigenvalue weighted by Gasteiger charge is -2.22. The van der Waals surface area contributed by atoms with Crippen molar-refractivity contribution in [1.29, 1.82) is 5.26 Å². The van der Waals surface area contributed by atoms with Crippen molar-refractivity contribution < 1.29 is 9.53 Å². The molecule has 2 amide bonds. The average Bonchev–Trinajstić information content (AvgIpc) is 2.47. The summed E-state index contributed by atoms with van der Waals surface area (Å²) in [5.74, 6) is 0.500. The molecule has 2 rings (SSSR count). The molecule has 19 heavy (non-hydrogen) atoms. The van der Waals surface area contributed by atoms with Gasteiger partial charge in [0.1, 0.15) is 0 Å². The number of carbonyl (C=O) groups excluding carboxylic acids is 1. The van der Waals surface area contributed by atoms with Gasteiger partial charge >= 0.3 is 6.03 Å². The van der Waals surface area contributed by atoms with Crippen LogP contribution in [-0.2, 0) is 4.74 Å². The molecule has 2 N–H and O–H groups in total. The first-order chi connectivity index (χ1) is 9.28. The zero-order valence-corrected chi connectivity index (χ0v) is 10.7. The first-order valence-electron chi connectivity index (χ1n) is 6.40. The van der Waals surface area contributed by atoms with E-state index in [0.29, 0.717) is 23.7 Å². The second-order valence-corrected chi connectivity index (χ2v) is 4.58. The molecular formula is C14H17N3O2. The molecule has 0 aromatic heterocycles. The van der Waals surface area contributed by atoms with Gasteiger partial charge in [-0.3, -0.25) is 0 Å². The number of carbonyl (C=O) groups is 1. The molecule has 1 aromatic rings. The van der Waals surface area contributed by atoms with Crippen LogP contribution >= 0.6 is 0 Å². The van der Waals surface area contributed by atoms with Crippen LogP contribution in [0.25, 0.3) is 0 Å². The van der Waals surface area contributed by atoms with E-state index in [1.807, 2.05) is 6.07 Å². The number of hydrogen-bond acceptors (Lipinski definition) is 3. The second kappa shape index (κ2) is 6.76. The van der Waals surface area contributed by atoms with Crippen molar-refractivity contribution >= 4 is 11.7 Å². The van der Waals surface area contributed by atoms with Gasteiger partial charge in [0.05, 0.1) is 11.6 Å². The van der Waals surface area contributed by atoms with Crippen molar-refractivity contribution in [2.75, 3.05) is 25.1 Å².